The van der Waals surface area contributed by atoms with Crippen LogP contribution < -0.4 is 0 Å². The normalized spacial score (nSPS) is 21.9. The maximum atomic E-state index is 11.2. The summed E-state index contributed by atoms with van der Waals surface area (Å²) in [5.74, 6) is 0.895. The van der Waals surface area contributed by atoms with E-state index >= 15 is 0 Å². The summed E-state index contributed by atoms with van der Waals surface area (Å²) in [4.78, 5) is 2.43. The molecule has 1 saturated heterocycles. The number of aliphatic hydroxyl groups is 1. The van der Waals surface area contributed by atoms with Crippen molar-refractivity contribution in [1.29, 1.82) is 0 Å². The smallest absolute Gasteiger partial charge is 0.147 e. The van der Waals surface area contributed by atoms with Crippen molar-refractivity contribution in [2.24, 2.45) is 0 Å². The van der Waals surface area contributed by atoms with Gasteiger partial charge in [0.25, 0.3) is 0 Å². The van der Waals surface area contributed by atoms with Gasteiger partial charge in [-0.15, -0.1) is 0 Å². The second-order valence-corrected chi connectivity index (χ2v) is 8.90. The van der Waals surface area contributed by atoms with Gasteiger partial charge in [0.15, 0.2) is 0 Å². The molecule has 0 radical (unpaired) electrons. The minimum atomic E-state index is -2.87. The first-order valence-electron chi connectivity index (χ1n) is 8.59. The van der Waals surface area contributed by atoms with Gasteiger partial charge in [-0.2, -0.15) is 0 Å². The molecule has 1 N–H and O–H groups in total. The van der Waals surface area contributed by atoms with Crippen LogP contribution in [-0.2, 0) is 9.84 Å². The van der Waals surface area contributed by atoms with Gasteiger partial charge in [-0.25, -0.2) is 8.42 Å². The molecule has 5 nitrogen and oxygen atoms in total. The lowest BCUT2D eigenvalue weighted by molar-refractivity contribution is 0.0856. The Kier molecular flexibility index (Phi) is 7.11. The minimum absolute atomic E-state index is 0.264. The Balaban J connectivity index is 1.86. The van der Waals surface area contributed by atoms with Crippen LogP contribution in [0.2, 0.25) is 0 Å². The van der Waals surface area contributed by atoms with E-state index in [9.17, 15) is 13.5 Å². The molecular weight excluding hydrogens is 314 g/mol. The van der Waals surface area contributed by atoms with E-state index in [1.165, 1.54) is 25.5 Å². The first-order chi connectivity index (χ1) is 11.0. The summed E-state index contributed by atoms with van der Waals surface area (Å²) in [6.07, 6.45) is 9.29. The fraction of sp³-hybridized carbons (Fsp3) is 0.765. The van der Waals surface area contributed by atoms with Crippen LogP contribution in [0, 0.1) is 0 Å². The molecule has 2 atom stereocenters. The molecule has 1 aliphatic rings. The summed E-state index contributed by atoms with van der Waals surface area (Å²) >= 11 is 0. The van der Waals surface area contributed by atoms with Gasteiger partial charge in [-0.3, -0.25) is 0 Å². The van der Waals surface area contributed by atoms with Crippen molar-refractivity contribution in [2.45, 2.75) is 57.1 Å². The fourth-order valence-electron chi connectivity index (χ4n) is 3.33. The Labute approximate surface area is 139 Å². The fourth-order valence-corrected chi connectivity index (χ4v) is 4.06. The Hall–Kier alpha value is -0.850. The number of rotatable bonds is 8. The van der Waals surface area contributed by atoms with Crippen LogP contribution in [0.25, 0.3) is 0 Å². The topological polar surface area (TPSA) is 70.8 Å². The third kappa shape index (κ3) is 6.65. The molecule has 0 bridgehead atoms. The van der Waals surface area contributed by atoms with Gasteiger partial charge >= 0.3 is 0 Å². The molecule has 23 heavy (non-hydrogen) atoms. The van der Waals surface area contributed by atoms with Crippen LogP contribution in [0.4, 0.5) is 0 Å². The van der Waals surface area contributed by atoms with Crippen molar-refractivity contribution in [3.8, 4) is 0 Å². The monoisotopic (exact) mass is 343 g/mol. The van der Waals surface area contributed by atoms with E-state index in [1.54, 1.807) is 12.3 Å². The molecule has 2 heterocycles. The van der Waals surface area contributed by atoms with Crippen LogP contribution in [-0.4, -0.2) is 49.6 Å². The highest BCUT2D eigenvalue weighted by Crippen LogP contribution is 2.26. The molecule has 1 aromatic rings. The Bertz CT molecular complexity index is 541. The highest BCUT2D eigenvalue weighted by molar-refractivity contribution is 7.90. The molecule has 2 unspecified atom stereocenters. The predicted octanol–water partition coefficient (Wildman–Crippen LogP) is 2.77. The number of hydrogen-bond donors (Lipinski definition) is 1. The van der Waals surface area contributed by atoms with Crippen LogP contribution in [0.1, 0.15) is 56.8 Å². The predicted molar refractivity (Wildman–Crippen MR) is 91.1 cm³/mol. The van der Waals surface area contributed by atoms with Crippen LogP contribution in [0.15, 0.2) is 22.8 Å². The zero-order chi connectivity index (χ0) is 16.7. The number of likely N-dealkylation sites (tertiary alicyclic amines) is 1. The Morgan fingerprint density at radius 2 is 2.17 bits per heavy atom. The molecule has 0 aliphatic carbocycles. The molecule has 0 saturated carbocycles. The quantitative estimate of drug-likeness (QED) is 0.735. The van der Waals surface area contributed by atoms with Crippen molar-refractivity contribution in [2.75, 3.05) is 25.1 Å². The van der Waals surface area contributed by atoms with E-state index in [1.807, 2.05) is 6.07 Å². The molecule has 132 valence electrons. The Morgan fingerprint density at radius 1 is 1.35 bits per heavy atom. The summed E-state index contributed by atoms with van der Waals surface area (Å²) in [6, 6.07) is 3.96. The van der Waals surface area contributed by atoms with Crippen molar-refractivity contribution < 1.29 is 17.9 Å². The SMILES string of the molecule is CS(=O)(=O)CCCCN1CCCCCC1CC(O)c1ccco1. The summed E-state index contributed by atoms with van der Waals surface area (Å²) in [5, 5.41) is 10.3. The average molecular weight is 343 g/mol. The zero-order valence-electron chi connectivity index (χ0n) is 14.0. The van der Waals surface area contributed by atoms with Gasteiger partial charge in [0.1, 0.15) is 21.7 Å². The zero-order valence-corrected chi connectivity index (χ0v) is 14.8. The van der Waals surface area contributed by atoms with Gasteiger partial charge in [-0.1, -0.05) is 12.8 Å². The third-order valence-corrected chi connectivity index (χ3v) is 5.61. The van der Waals surface area contributed by atoms with Crippen LogP contribution in [0.3, 0.4) is 0 Å². The molecule has 0 amide bonds. The van der Waals surface area contributed by atoms with Crippen molar-refractivity contribution >= 4 is 9.84 Å². The molecular formula is C17H29NO4S. The summed E-state index contributed by atoms with van der Waals surface area (Å²) in [7, 11) is -2.87. The van der Waals surface area contributed by atoms with Crippen molar-refractivity contribution in [3.05, 3.63) is 24.2 Å². The number of aliphatic hydroxyl groups excluding tert-OH is 1. The van der Waals surface area contributed by atoms with Gasteiger partial charge < -0.3 is 14.4 Å². The number of sulfone groups is 1. The average Bonchev–Trinajstić information content (AvgIpc) is 2.93. The van der Waals surface area contributed by atoms with Crippen LogP contribution >= 0.6 is 0 Å². The summed E-state index contributed by atoms with van der Waals surface area (Å²) in [6.45, 7) is 1.94. The minimum Gasteiger partial charge on any atom is -0.467 e. The second-order valence-electron chi connectivity index (χ2n) is 6.64. The number of unbranched alkanes of at least 4 members (excludes halogenated alkanes) is 1. The summed E-state index contributed by atoms with van der Waals surface area (Å²) in [5.41, 5.74) is 0. The van der Waals surface area contributed by atoms with Gasteiger partial charge in [0.2, 0.25) is 0 Å². The largest absolute Gasteiger partial charge is 0.467 e. The number of nitrogens with zero attached hydrogens (tertiary/aromatic N) is 1. The van der Waals surface area contributed by atoms with Gasteiger partial charge in [0.05, 0.1) is 6.26 Å². The van der Waals surface area contributed by atoms with E-state index in [2.05, 4.69) is 4.90 Å². The standard InChI is InChI=1S/C17H29NO4S/c1-23(20,21)13-6-5-11-18-10-4-2-3-8-15(18)14-16(19)17-9-7-12-22-17/h7,9,12,15-16,19H,2-6,8,10-11,13-14H2,1H3. The molecule has 1 fully saturated rings. The van der Waals surface area contributed by atoms with E-state index in [0.717, 1.165) is 25.9 Å². The lowest BCUT2D eigenvalue weighted by Gasteiger charge is -2.31. The van der Waals surface area contributed by atoms with Gasteiger partial charge in [0, 0.05) is 18.1 Å². The highest BCUT2D eigenvalue weighted by atomic mass is 32.2. The molecule has 6 heteroatoms. The van der Waals surface area contributed by atoms with Crippen molar-refractivity contribution in [3.63, 3.8) is 0 Å². The molecule has 2 rings (SSSR count). The first-order valence-corrected chi connectivity index (χ1v) is 10.6. The Morgan fingerprint density at radius 3 is 2.87 bits per heavy atom. The maximum absolute atomic E-state index is 11.2. The maximum Gasteiger partial charge on any atom is 0.147 e. The second kappa shape index (κ2) is 8.85. The third-order valence-electron chi connectivity index (χ3n) is 4.58. The lowest BCUT2D eigenvalue weighted by Crippen LogP contribution is -2.37. The lowest BCUT2D eigenvalue weighted by atomic mass is 10.0. The highest BCUT2D eigenvalue weighted by Gasteiger charge is 2.25. The molecule has 1 aliphatic heterocycles. The number of hydrogen-bond acceptors (Lipinski definition) is 5. The first kappa shape index (κ1) is 18.5. The van der Waals surface area contributed by atoms with Crippen molar-refractivity contribution in [1.82, 2.24) is 4.90 Å². The molecule has 0 aromatic carbocycles. The van der Waals surface area contributed by atoms with E-state index in [-0.39, 0.29) is 5.75 Å². The van der Waals surface area contributed by atoms with Crippen LogP contribution in [0.5, 0.6) is 0 Å². The summed E-state index contributed by atoms with van der Waals surface area (Å²) < 4.78 is 27.7. The van der Waals surface area contributed by atoms with Gasteiger partial charge in [-0.05, 0) is 57.3 Å². The molecule has 1 aromatic heterocycles. The van der Waals surface area contributed by atoms with E-state index < -0.39 is 15.9 Å². The molecule has 0 spiro atoms. The van der Waals surface area contributed by atoms with E-state index in [4.69, 9.17) is 4.42 Å². The van der Waals surface area contributed by atoms with E-state index in [0.29, 0.717) is 24.6 Å². The number of furan rings is 1.